The zero-order valence-corrected chi connectivity index (χ0v) is 20.7. The predicted octanol–water partition coefficient (Wildman–Crippen LogP) is 5.57. The summed E-state index contributed by atoms with van der Waals surface area (Å²) in [6.07, 6.45) is 1.17. The van der Waals surface area contributed by atoms with Crippen LogP contribution in [0.4, 0.5) is 13.2 Å². The molecule has 1 atom stereocenters. The Morgan fingerprint density at radius 2 is 1.83 bits per heavy atom. The van der Waals surface area contributed by atoms with Crippen molar-refractivity contribution in [2.45, 2.75) is 64.1 Å². The first-order chi connectivity index (χ1) is 17.2. The average Bonchev–Trinajstić information content (AvgIpc) is 3.33. The zero-order valence-electron chi connectivity index (χ0n) is 20.7. The van der Waals surface area contributed by atoms with Gasteiger partial charge in [0, 0.05) is 12.1 Å². The Hall–Kier alpha value is -3.36. The van der Waals surface area contributed by atoms with E-state index in [0.29, 0.717) is 13.0 Å². The number of nitrogens with two attached hydrogens (primary N) is 1. The Labute approximate surface area is 210 Å². The first kappa shape index (κ1) is 27.2. The minimum Gasteiger partial charge on any atom is -0.392 e. The molecule has 0 aromatic heterocycles. The Morgan fingerprint density at radius 1 is 1.14 bits per heavy atom. The summed E-state index contributed by atoms with van der Waals surface area (Å²) in [4.78, 5) is 10.9. The molecule has 0 spiro atoms. The number of aliphatic imine (C=N–C) groups is 1. The molecule has 0 bridgehead atoms. The van der Waals surface area contributed by atoms with E-state index in [1.54, 1.807) is 11.0 Å². The third-order valence-corrected chi connectivity index (χ3v) is 6.45. The molecule has 1 aliphatic heterocycles. The number of halogens is 3. The quantitative estimate of drug-likeness (QED) is 0.254. The molecule has 0 amide bonds. The maximum Gasteiger partial charge on any atom is 0.416 e. The van der Waals surface area contributed by atoms with E-state index >= 15 is 0 Å². The molecule has 9 heteroatoms. The standard InChI is InChI=1S/C27H34F3N5O/c1-3-4-6-19-8-10-20(11-9-19)12-13-21-14-15-22(17-24(21)27(28,29)30)25(33-2)34-36-18-23-7-5-16-35(23)26(31)32/h8-11,14-15,17,23H,2-7,12-13,16,18H2,1H3,(H3,31,32)/b34-25-/t23-/m0/s1. The van der Waals surface area contributed by atoms with Crippen LogP contribution in [0.1, 0.15) is 60.4 Å². The highest BCUT2D eigenvalue weighted by Crippen LogP contribution is 2.33. The molecule has 2 aromatic carbocycles. The molecule has 3 N–H and O–H groups in total. The molecule has 1 aliphatic rings. The summed E-state index contributed by atoms with van der Waals surface area (Å²) in [6.45, 7) is 6.40. The lowest BCUT2D eigenvalue weighted by Crippen LogP contribution is -2.41. The Bertz CT molecular complexity index is 1070. The lowest BCUT2D eigenvalue weighted by atomic mass is 9.96. The third kappa shape index (κ3) is 7.32. The number of benzene rings is 2. The van der Waals surface area contributed by atoms with E-state index in [0.717, 1.165) is 43.7 Å². The number of hydrogen-bond donors (Lipinski definition) is 2. The van der Waals surface area contributed by atoms with Crippen LogP contribution in [0, 0.1) is 5.41 Å². The van der Waals surface area contributed by atoms with E-state index in [9.17, 15) is 13.2 Å². The molecule has 194 valence electrons. The van der Waals surface area contributed by atoms with Gasteiger partial charge in [-0.2, -0.15) is 13.2 Å². The summed E-state index contributed by atoms with van der Waals surface area (Å²) in [6, 6.07) is 12.1. The van der Waals surface area contributed by atoms with Crippen LogP contribution in [-0.4, -0.2) is 42.6 Å². The van der Waals surface area contributed by atoms with Gasteiger partial charge in [0.05, 0.1) is 11.6 Å². The molecule has 1 saturated heterocycles. The average molecular weight is 502 g/mol. The van der Waals surface area contributed by atoms with Gasteiger partial charge in [0.1, 0.15) is 6.61 Å². The normalized spacial score (nSPS) is 16.3. The summed E-state index contributed by atoms with van der Waals surface area (Å²) in [7, 11) is 0. The van der Waals surface area contributed by atoms with Crippen molar-refractivity contribution >= 4 is 18.5 Å². The molecule has 0 unspecified atom stereocenters. The second kappa shape index (κ2) is 12.6. The van der Waals surface area contributed by atoms with Crippen molar-refractivity contribution in [3.63, 3.8) is 0 Å². The zero-order chi connectivity index (χ0) is 26.1. The van der Waals surface area contributed by atoms with Gasteiger partial charge in [-0.1, -0.05) is 54.9 Å². The van der Waals surface area contributed by atoms with Crippen molar-refractivity contribution in [3.05, 3.63) is 70.3 Å². The van der Waals surface area contributed by atoms with E-state index in [1.165, 1.54) is 11.6 Å². The van der Waals surface area contributed by atoms with Gasteiger partial charge in [0.25, 0.3) is 0 Å². The van der Waals surface area contributed by atoms with Crippen LogP contribution in [0.5, 0.6) is 0 Å². The highest BCUT2D eigenvalue weighted by Gasteiger charge is 2.34. The monoisotopic (exact) mass is 501 g/mol. The predicted molar refractivity (Wildman–Crippen MR) is 138 cm³/mol. The fraction of sp³-hybridized carbons (Fsp3) is 0.444. The Morgan fingerprint density at radius 3 is 2.44 bits per heavy atom. The summed E-state index contributed by atoms with van der Waals surface area (Å²) in [5, 5.41) is 11.5. The number of nitrogens with zero attached hydrogens (tertiary/aromatic N) is 3. The van der Waals surface area contributed by atoms with Crippen molar-refractivity contribution in [3.8, 4) is 0 Å². The van der Waals surface area contributed by atoms with Crippen LogP contribution in [0.15, 0.2) is 52.6 Å². The van der Waals surface area contributed by atoms with E-state index in [-0.39, 0.29) is 42.0 Å². The van der Waals surface area contributed by atoms with Crippen LogP contribution in [-0.2, 0) is 30.3 Å². The van der Waals surface area contributed by atoms with E-state index in [1.807, 2.05) is 12.1 Å². The SMILES string of the molecule is C=N/C(=N\OC[C@@H]1CCCN1C(=N)N)c1ccc(CCc2ccc(CCCC)cc2)c(C(F)(F)F)c1. The third-order valence-electron chi connectivity index (χ3n) is 6.45. The Kier molecular flexibility index (Phi) is 9.50. The topological polar surface area (TPSA) is 87.1 Å². The van der Waals surface area contributed by atoms with Gasteiger partial charge in [0.15, 0.2) is 11.8 Å². The van der Waals surface area contributed by atoms with Gasteiger partial charge in [-0.3, -0.25) is 5.41 Å². The molecule has 6 nitrogen and oxygen atoms in total. The number of amidine groups is 1. The van der Waals surface area contributed by atoms with Gasteiger partial charge in [-0.05, 0) is 68.0 Å². The van der Waals surface area contributed by atoms with Gasteiger partial charge in [-0.25, -0.2) is 4.99 Å². The molecular weight excluding hydrogens is 467 g/mol. The summed E-state index contributed by atoms with van der Waals surface area (Å²) >= 11 is 0. The summed E-state index contributed by atoms with van der Waals surface area (Å²) < 4.78 is 41.7. The molecule has 3 rings (SSSR count). The number of likely N-dealkylation sites (tertiary alicyclic amines) is 1. The number of rotatable bonds is 10. The van der Waals surface area contributed by atoms with Gasteiger partial charge < -0.3 is 15.5 Å². The molecular formula is C27H34F3N5O. The first-order valence-corrected chi connectivity index (χ1v) is 12.3. The van der Waals surface area contributed by atoms with Gasteiger partial charge in [-0.15, -0.1) is 0 Å². The molecule has 36 heavy (non-hydrogen) atoms. The highest BCUT2D eigenvalue weighted by molar-refractivity contribution is 6.01. The van der Waals surface area contributed by atoms with Crippen LogP contribution in [0.25, 0.3) is 0 Å². The highest BCUT2D eigenvalue weighted by atomic mass is 19.4. The van der Waals surface area contributed by atoms with E-state index in [4.69, 9.17) is 16.0 Å². The lowest BCUT2D eigenvalue weighted by molar-refractivity contribution is -0.138. The molecule has 0 radical (unpaired) electrons. The second-order valence-electron chi connectivity index (χ2n) is 9.03. The van der Waals surface area contributed by atoms with Crippen LogP contribution in [0.3, 0.4) is 0 Å². The number of unbranched alkanes of at least 4 members (excludes halogenated alkanes) is 1. The Balaban J connectivity index is 1.71. The molecule has 0 aliphatic carbocycles. The molecule has 0 saturated carbocycles. The molecule has 2 aromatic rings. The fourth-order valence-electron chi connectivity index (χ4n) is 4.41. The van der Waals surface area contributed by atoms with Crippen molar-refractivity contribution < 1.29 is 18.0 Å². The second-order valence-corrected chi connectivity index (χ2v) is 9.03. The van der Waals surface area contributed by atoms with Crippen LogP contribution < -0.4 is 5.73 Å². The number of aryl methyl sites for hydroxylation is 3. The maximum absolute atomic E-state index is 13.9. The first-order valence-electron chi connectivity index (χ1n) is 12.3. The number of alkyl halides is 3. The summed E-state index contributed by atoms with van der Waals surface area (Å²) in [5.74, 6) is -0.0629. The lowest BCUT2D eigenvalue weighted by Gasteiger charge is -2.23. The van der Waals surface area contributed by atoms with Crippen molar-refractivity contribution in [2.24, 2.45) is 15.9 Å². The van der Waals surface area contributed by atoms with E-state index in [2.05, 4.69) is 35.9 Å². The number of guanidine groups is 1. The minimum absolute atomic E-state index is 0.0258. The van der Waals surface area contributed by atoms with Crippen LogP contribution >= 0.6 is 0 Å². The van der Waals surface area contributed by atoms with Gasteiger partial charge in [0.2, 0.25) is 0 Å². The smallest absolute Gasteiger partial charge is 0.392 e. The van der Waals surface area contributed by atoms with E-state index < -0.39 is 11.7 Å². The number of oxime groups is 1. The molecule has 1 heterocycles. The maximum atomic E-state index is 13.9. The summed E-state index contributed by atoms with van der Waals surface area (Å²) in [5.41, 5.74) is 7.50. The number of nitrogens with one attached hydrogen (secondary N) is 1. The van der Waals surface area contributed by atoms with Crippen LogP contribution in [0.2, 0.25) is 0 Å². The van der Waals surface area contributed by atoms with Gasteiger partial charge >= 0.3 is 6.18 Å². The largest absolute Gasteiger partial charge is 0.416 e. The van der Waals surface area contributed by atoms with Crippen molar-refractivity contribution in [1.82, 2.24) is 4.90 Å². The van der Waals surface area contributed by atoms with Crippen molar-refractivity contribution in [1.29, 1.82) is 5.41 Å². The fourth-order valence-corrected chi connectivity index (χ4v) is 4.41. The minimum atomic E-state index is -4.52. The number of hydrogen-bond acceptors (Lipinski definition) is 3. The molecule has 1 fully saturated rings. The van der Waals surface area contributed by atoms with Crippen molar-refractivity contribution in [2.75, 3.05) is 13.2 Å².